The van der Waals surface area contributed by atoms with Crippen molar-refractivity contribution < 1.29 is 23.1 Å². The number of morpholine rings is 1. The molecule has 2 aromatic heterocycles. The molecule has 2 aliphatic rings. The van der Waals surface area contributed by atoms with Gasteiger partial charge in [0.15, 0.2) is 15.7 Å². The number of urea groups is 1. The SMILES string of the molecule is C[C@H]1COCCN1c1cc(C2(S(=O)(=O)c3ccncc3)CCC2)nc(-c2ccc(NC(=O)NCCO)cc2)n1. The first-order valence-corrected chi connectivity index (χ1v) is 14.5. The summed E-state index contributed by atoms with van der Waals surface area (Å²) in [5.41, 5.74) is 1.73. The Labute approximate surface area is 227 Å². The molecular formula is C27H32N6O5S. The smallest absolute Gasteiger partial charge is 0.319 e. The third kappa shape index (κ3) is 5.32. The molecule has 206 valence electrons. The minimum atomic E-state index is -3.75. The number of pyridine rings is 1. The third-order valence-electron chi connectivity index (χ3n) is 7.28. The highest BCUT2D eigenvalue weighted by atomic mass is 32.2. The van der Waals surface area contributed by atoms with E-state index < -0.39 is 20.6 Å². The van der Waals surface area contributed by atoms with Gasteiger partial charge in [0, 0.05) is 42.8 Å². The minimum absolute atomic E-state index is 0.0625. The summed E-state index contributed by atoms with van der Waals surface area (Å²) in [6, 6.07) is 11.6. The van der Waals surface area contributed by atoms with Crippen LogP contribution in [-0.4, -0.2) is 73.5 Å². The van der Waals surface area contributed by atoms with Crippen molar-refractivity contribution in [3.05, 3.63) is 60.6 Å². The first kappa shape index (κ1) is 27.0. The van der Waals surface area contributed by atoms with Gasteiger partial charge in [0.2, 0.25) is 0 Å². The number of hydrogen-bond acceptors (Lipinski definition) is 9. The number of hydrogen-bond donors (Lipinski definition) is 3. The highest BCUT2D eigenvalue weighted by Crippen LogP contribution is 2.50. The Morgan fingerprint density at radius 2 is 1.90 bits per heavy atom. The zero-order valence-electron chi connectivity index (χ0n) is 21.7. The molecule has 2 fully saturated rings. The highest BCUT2D eigenvalue weighted by Gasteiger charge is 2.52. The van der Waals surface area contributed by atoms with Gasteiger partial charge in [-0.25, -0.2) is 23.2 Å². The molecule has 1 saturated carbocycles. The summed E-state index contributed by atoms with van der Waals surface area (Å²) in [6.07, 6.45) is 4.71. The Morgan fingerprint density at radius 1 is 1.15 bits per heavy atom. The molecular weight excluding hydrogens is 520 g/mol. The van der Waals surface area contributed by atoms with Crippen LogP contribution in [0.1, 0.15) is 31.9 Å². The molecule has 1 aliphatic carbocycles. The lowest BCUT2D eigenvalue weighted by Gasteiger charge is -2.41. The van der Waals surface area contributed by atoms with Gasteiger partial charge in [0.25, 0.3) is 0 Å². The molecule has 3 aromatic rings. The van der Waals surface area contributed by atoms with Crippen molar-refractivity contribution in [2.45, 2.75) is 41.9 Å². The van der Waals surface area contributed by atoms with E-state index in [1.165, 1.54) is 24.5 Å². The third-order valence-corrected chi connectivity index (χ3v) is 9.81. The monoisotopic (exact) mass is 552 g/mol. The normalized spacial score (nSPS) is 18.7. The van der Waals surface area contributed by atoms with Crippen LogP contribution in [0.15, 0.2) is 59.8 Å². The summed E-state index contributed by atoms with van der Waals surface area (Å²) in [7, 11) is -3.75. The van der Waals surface area contributed by atoms with Crippen molar-refractivity contribution in [3.8, 4) is 11.4 Å². The number of benzene rings is 1. The van der Waals surface area contributed by atoms with Crippen molar-refractivity contribution >= 4 is 27.4 Å². The van der Waals surface area contributed by atoms with Gasteiger partial charge in [0.05, 0.1) is 36.5 Å². The summed E-state index contributed by atoms with van der Waals surface area (Å²) < 4.78 is 32.4. The van der Waals surface area contributed by atoms with Crippen molar-refractivity contribution in [2.75, 3.05) is 43.1 Å². The number of sulfone groups is 1. The Hall–Kier alpha value is -3.61. The zero-order chi connectivity index (χ0) is 27.5. The van der Waals surface area contributed by atoms with Gasteiger partial charge < -0.3 is 25.4 Å². The van der Waals surface area contributed by atoms with E-state index in [-0.39, 0.29) is 24.1 Å². The molecule has 5 rings (SSSR count). The molecule has 11 nitrogen and oxygen atoms in total. The van der Waals surface area contributed by atoms with Gasteiger partial charge in [-0.1, -0.05) is 0 Å². The molecule has 0 unspecified atom stereocenters. The lowest BCUT2D eigenvalue weighted by atomic mass is 9.81. The number of aliphatic hydroxyl groups excluding tert-OH is 1. The first-order chi connectivity index (χ1) is 18.8. The summed E-state index contributed by atoms with van der Waals surface area (Å²) in [6.45, 7) is 3.79. The van der Waals surface area contributed by atoms with Crippen LogP contribution in [0.25, 0.3) is 11.4 Å². The van der Waals surface area contributed by atoms with Crippen LogP contribution in [0, 0.1) is 0 Å². The molecule has 0 bridgehead atoms. The largest absolute Gasteiger partial charge is 0.395 e. The number of aliphatic hydroxyl groups is 1. The second kappa shape index (κ2) is 11.2. The van der Waals surface area contributed by atoms with Crippen molar-refractivity contribution in [3.63, 3.8) is 0 Å². The molecule has 0 radical (unpaired) electrons. The van der Waals surface area contributed by atoms with Gasteiger partial charge in [0.1, 0.15) is 10.6 Å². The maximum absolute atomic E-state index is 14.0. The lowest BCUT2D eigenvalue weighted by Crippen LogP contribution is -2.46. The molecule has 0 spiro atoms. The van der Waals surface area contributed by atoms with E-state index in [2.05, 4.69) is 27.4 Å². The molecule has 2 amide bonds. The number of carbonyl (C=O) groups excluding carboxylic acids is 1. The number of amides is 2. The fourth-order valence-electron chi connectivity index (χ4n) is 4.96. The quantitative estimate of drug-likeness (QED) is 0.384. The van der Waals surface area contributed by atoms with Crippen LogP contribution in [-0.2, 0) is 19.3 Å². The summed E-state index contributed by atoms with van der Waals surface area (Å²) >= 11 is 0. The van der Waals surface area contributed by atoms with Crippen LogP contribution >= 0.6 is 0 Å². The molecule has 1 aromatic carbocycles. The predicted octanol–water partition coefficient (Wildman–Crippen LogP) is 2.73. The van der Waals surface area contributed by atoms with E-state index in [1.807, 2.05) is 6.07 Å². The van der Waals surface area contributed by atoms with Crippen LogP contribution in [0.3, 0.4) is 0 Å². The zero-order valence-corrected chi connectivity index (χ0v) is 22.5. The predicted molar refractivity (Wildman–Crippen MR) is 146 cm³/mol. The Kier molecular flexibility index (Phi) is 7.78. The average Bonchev–Trinajstić information content (AvgIpc) is 2.92. The van der Waals surface area contributed by atoms with Gasteiger partial charge in [-0.15, -0.1) is 0 Å². The molecule has 1 saturated heterocycles. The molecule has 3 N–H and O–H groups in total. The van der Waals surface area contributed by atoms with E-state index in [0.717, 1.165) is 6.42 Å². The fourth-order valence-corrected chi connectivity index (χ4v) is 7.10. The van der Waals surface area contributed by atoms with Gasteiger partial charge in [-0.2, -0.15) is 0 Å². The Bertz CT molecular complexity index is 1410. The number of nitrogens with zero attached hydrogens (tertiary/aromatic N) is 4. The summed E-state index contributed by atoms with van der Waals surface area (Å²) in [5.74, 6) is 1.07. The van der Waals surface area contributed by atoms with Crippen molar-refractivity contribution in [1.29, 1.82) is 0 Å². The second-order valence-corrected chi connectivity index (χ2v) is 12.0. The number of nitrogens with one attached hydrogen (secondary N) is 2. The van der Waals surface area contributed by atoms with Gasteiger partial charge in [-0.3, -0.25) is 4.98 Å². The van der Waals surface area contributed by atoms with Crippen LogP contribution in [0.5, 0.6) is 0 Å². The molecule has 3 heterocycles. The van der Waals surface area contributed by atoms with E-state index in [9.17, 15) is 13.2 Å². The van der Waals surface area contributed by atoms with Gasteiger partial charge >= 0.3 is 6.03 Å². The number of carbonyl (C=O) groups is 1. The number of aromatic nitrogens is 3. The second-order valence-electron chi connectivity index (χ2n) is 9.77. The minimum Gasteiger partial charge on any atom is -0.395 e. The summed E-state index contributed by atoms with van der Waals surface area (Å²) in [4.78, 5) is 28.0. The van der Waals surface area contributed by atoms with Crippen molar-refractivity contribution in [2.24, 2.45) is 0 Å². The van der Waals surface area contributed by atoms with Gasteiger partial charge in [-0.05, 0) is 62.6 Å². The number of anilines is 2. The number of ether oxygens (including phenoxy) is 1. The maximum Gasteiger partial charge on any atom is 0.319 e. The van der Waals surface area contributed by atoms with E-state index in [0.29, 0.717) is 61.2 Å². The van der Waals surface area contributed by atoms with E-state index in [4.69, 9.17) is 19.8 Å². The highest BCUT2D eigenvalue weighted by molar-refractivity contribution is 7.92. The number of rotatable bonds is 8. The lowest BCUT2D eigenvalue weighted by molar-refractivity contribution is 0.0985. The Balaban J connectivity index is 1.56. The molecule has 1 atom stereocenters. The van der Waals surface area contributed by atoms with E-state index in [1.54, 1.807) is 24.3 Å². The molecule has 1 aliphatic heterocycles. The maximum atomic E-state index is 14.0. The fraction of sp³-hybridized carbons (Fsp3) is 0.407. The topological polar surface area (TPSA) is 147 Å². The summed E-state index contributed by atoms with van der Waals surface area (Å²) in [5, 5.41) is 14.1. The van der Waals surface area contributed by atoms with Crippen LogP contribution in [0.2, 0.25) is 0 Å². The standard InChI is InChI=1S/C27H32N6O5S/c1-19-18-38-16-14-33(19)24-17-23(27(9-2-10-27)39(36,37)22-7-11-28-12-8-22)31-25(32-24)20-3-5-21(6-4-20)30-26(35)29-13-15-34/h3-8,11-12,17,19,34H,2,9-10,13-16,18H2,1H3,(H2,29,30,35)/t19-/m0/s1. The molecule has 39 heavy (non-hydrogen) atoms. The van der Waals surface area contributed by atoms with Crippen LogP contribution < -0.4 is 15.5 Å². The average molecular weight is 553 g/mol. The first-order valence-electron chi connectivity index (χ1n) is 13.0. The van der Waals surface area contributed by atoms with Crippen LogP contribution in [0.4, 0.5) is 16.3 Å². The molecule has 12 heteroatoms. The Morgan fingerprint density at radius 3 is 2.54 bits per heavy atom. The van der Waals surface area contributed by atoms with Crippen molar-refractivity contribution in [1.82, 2.24) is 20.3 Å². The van der Waals surface area contributed by atoms with E-state index >= 15 is 0 Å².